The molecular formula is C50H64Cl2O2Zr2-2. The van der Waals surface area contributed by atoms with Crippen LogP contribution in [0.4, 0.5) is 0 Å². The first-order valence-corrected chi connectivity index (χ1v) is 18.7. The van der Waals surface area contributed by atoms with Crippen LogP contribution in [0.25, 0.3) is 11.1 Å². The van der Waals surface area contributed by atoms with Crippen LogP contribution < -0.4 is 34.3 Å². The van der Waals surface area contributed by atoms with Crippen molar-refractivity contribution in [2.24, 2.45) is 0 Å². The minimum absolute atomic E-state index is 0. The maximum atomic E-state index is 5.80. The average Bonchev–Trinajstić information content (AvgIpc) is 3.90. The maximum Gasteiger partial charge on any atom is 2.00 e. The molecule has 0 amide bonds. The molecule has 2 aromatic carbocycles. The van der Waals surface area contributed by atoms with E-state index >= 15 is 0 Å². The molecule has 0 fully saturated rings. The van der Waals surface area contributed by atoms with Crippen LogP contribution in [0, 0.1) is 24.3 Å². The van der Waals surface area contributed by atoms with E-state index in [0.717, 1.165) is 37.2 Å². The van der Waals surface area contributed by atoms with E-state index in [1.807, 2.05) is 24.3 Å². The van der Waals surface area contributed by atoms with Gasteiger partial charge in [-0.05, 0) is 43.9 Å². The van der Waals surface area contributed by atoms with Gasteiger partial charge in [-0.1, -0.05) is 95.9 Å². The fourth-order valence-electron chi connectivity index (χ4n) is 6.12. The van der Waals surface area contributed by atoms with E-state index in [9.17, 15) is 0 Å². The fraction of sp³-hybridized carbons (Fsp3) is 0.440. The van der Waals surface area contributed by atoms with Crippen LogP contribution in [0.5, 0.6) is 11.5 Å². The van der Waals surface area contributed by atoms with Crippen molar-refractivity contribution >= 4 is 11.1 Å². The van der Waals surface area contributed by atoms with Gasteiger partial charge < -0.3 is 34.3 Å². The summed E-state index contributed by atoms with van der Waals surface area (Å²) < 4.78 is 11.6. The van der Waals surface area contributed by atoms with Crippen LogP contribution in [0.2, 0.25) is 0 Å². The molecule has 0 spiro atoms. The summed E-state index contributed by atoms with van der Waals surface area (Å²) in [6, 6.07) is 9.08. The molecule has 0 saturated heterocycles. The number of hydrogen-bond acceptors (Lipinski definition) is 2. The van der Waals surface area contributed by atoms with Gasteiger partial charge in [-0.3, -0.25) is 12.2 Å². The number of allylic oxidation sites excluding steroid dienone is 16. The quantitative estimate of drug-likeness (QED) is 0.296. The third-order valence-electron chi connectivity index (χ3n) is 9.00. The molecule has 2 aromatic rings. The standard InChI is InChI=1S/2C20H27O.2C5H5.2ClH.2Zr/c2*1-19(2,3)16-12-15(14-10-8-9-11-14)13-17(18(16)21-7)20(4,5)6;2*1-2-4-5-3-1;;;;/h2*8,10,12-13H,9H2,1-7H3;2*1-3H,4H2;2*1H;;/q4*-1;;;2*+2/p-2. The minimum atomic E-state index is 0. The first kappa shape index (κ1) is 56.4. The topological polar surface area (TPSA) is 18.5 Å². The van der Waals surface area contributed by atoms with Gasteiger partial charge in [0.2, 0.25) is 0 Å². The smallest absolute Gasteiger partial charge is 1.00 e. The van der Waals surface area contributed by atoms with E-state index in [1.165, 1.54) is 44.5 Å². The molecule has 4 aliphatic rings. The van der Waals surface area contributed by atoms with Gasteiger partial charge in [0.1, 0.15) is 11.5 Å². The Balaban J connectivity index is 0. The summed E-state index contributed by atoms with van der Waals surface area (Å²) in [4.78, 5) is 0. The van der Waals surface area contributed by atoms with Gasteiger partial charge in [0.25, 0.3) is 0 Å². The van der Waals surface area contributed by atoms with Crippen LogP contribution in [-0.4, -0.2) is 14.2 Å². The second-order valence-corrected chi connectivity index (χ2v) is 17.6. The molecule has 6 heteroatoms. The summed E-state index contributed by atoms with van der Waals surface area (Å²) in [6.07, 6.45) is 37.3. The number of ether oxygens (including phenoxy) is 2. The molecule has 0 bridgehead atoms. The van der Waals surface area contributed by atoms with Gasteiger partial charge in [0.05, 0.1) is 14.2 Å². The van der Waals surface area contributed by atoms with Gasteiger partial charge in [-0.25, -0.2) is 24.3 Å². The molecule has 0 aromatic heterocycles. The first-order chi connectivity index (χ1) is 24.3. The van der Waals surface area contributed by atoms with Gasteiger partial charge in [0.15, 0.2) is 0 Å². The molecule has 0 N–H and O–H groups in total. The van der Waals surface area contributed by atoms with Gasteiger partial charge in [-0.2, -0.15) is 47.6 Å². The van der Waals surface area contributed by atoms with Crippen molar-refractivity contribution in [1.29, 1.82) is 0 Å². The third-order valence-corrected chi connectivity index (χ3v) is 9.00. The fourth-order valence-corrected chi connectivity index (χ4v) is 6.12. The van der Waals surface area contributed by atoms with E-state index in [-0.39, 0.29) is 98.9 Å². The predicted molar refractivity (Wildman–Crippen MR) is 225 cm³/mol. The van der Waals surface area contributed by atoms with E-state index in [4.69, 9.17) is 9.47 Å². The molecule has 6 rings (SSSR count). The first-order valence-electron chi connectivity index (χ1n) is 18.7. The Morgan fingerprint density at radius 1 is 0.446 bits per heavy atom. The molecule has 0 aliphatic heterocycles. The van der Waals surface area contributed by atoms with Crippen LogP contribution in [0.15, 0.2) is 85.0 Å². The molecule has 0 radical (unpaired) electrons. The maximum absolute atomic E-state index is 5.80. The van der Waals surface area contributed by atoms with Crippen molar-refractivity contribution in [3.05, 3.63) is 143 Å². The van der Waals surface area contributed by atoms with Crippen molar-refractivity contribution in [2.75, 3.05) is 14.2 Å². The third kappa shape index (κ3) is 16.9. The zero-order valence-electron chi connectivity index (χ0n) is 36.5. The van der Waals surface area contributed by atoms with Crippen molar-refractivity contribution in [3.8, 4) is 11.5 Å². The summed E-state index contributed by atoms with van der Waals surface area (Å²) in [5.74, 6) is 2.06. The molecule has 56 heavy (non-hydrogen) atoms. The SMILES string of the molecule is COc1c(C(C)(C)C)cc(C2=[C-]CC=C2)cc1C(C)(C)C.COc1c(C(C)(C)C)cc(C2=[C-]CC=C2)cc1C(C)(C)C.[C-]1=CC=CC1.[C-]1=CC=CC1.[Cl-].[Cl-].[Zr+2].[Zr+2]. The van der Waals surface area contributed by atoms with Crippen molar-refractivity contribution in [1.82, 2.24) is 0 Å². The molecule has 0 unspecified atom stereocenters. The number of halogens is 2. The van der Waals surface area contributed by atoms with E-state index < -0.39 is 0 Å². The largest absolute Gasteiger partial charge is 2.00 e. The summed E-state index contributed by atoms with van der Waals surface area (Å²) in [5, 5.41) is 0. The molecule has 0 saturated carbocycles. The Morgan fingerprint density at radius 2 is 0.732 bits per heavy atom. The minimum Gasteiger partial charge on any atom is -1.00 e. The normalized spacial score (nSPS) is 14.6. The summed E-state index contributed by atoms with van der Waals surface area (Å²) in [6.45, 7) is 26.9. The number of benzene rings is 2. The van der Waals surface area contributed by atoms with Gasteiger partial charge in [0, 0.05) is 0 Å². The van der Waals surface area contributed by atoms with E-state index in [1.54, 1.807) is 14.2 Å². The Bertz CT molecular complexity index is 1550. The van der Waals surface area contributed by atoms with Crippen LogP contribution in [0.1, 0.15) is 142 Å². The molecule has 300 valence electrons. The monoisotopic (exact) mass is 946 g/mol. The zero-order valence-corrected chi connectivity index (χ0v) is 42.9. The molecule has 2 nitrogen and oxygen atoms in total. The second-order valence-electron chi connectivity index (χ2n) is 17.6. The Kier molecular flexibility index (Phi) is 25.2. The number of hydrogen-bond donors (Lipinski definition) is 0. The average molecular weight is 950 g/mol. The molecular weight excluding hydrogens is 886 g/mol. The predicted octanol–water partition coefficient (Wildman–Crippen LogP) is 7.49. The summed E-state index contributed by atoms with van der Waals surface area (Å²) in [5.41, 5.74) is 10.2. The Hall–Kier alpha value is -1.69. The number of methoxy groups -OCH3 is 2. The van der Waals surface area contributed by atoms with E-state index in [0.29, 0.717) is 0 Å². The Morgan fingerprint density at radius 3 is 0.875 bits per heavy atom. The van der Waals surface area contributed by atoms with Crippen molar-refractivity contribution < 1.29 is 86.7 Å². The van der Waals surface area contributed by atoms with Gasteiger partial charge >= 0.3 is 52.4 Å². The molecule has 4 aliphatic carbocycles. The van der Waals surface area contributed by atoms with Gasteiger partial charge in [-0.15, -0.1) is 60.4 Å². The van der Waals surface area contributed by atoms with Crippen LogP contribution in [0.3, 0.4) is 0 Å². The molecule has 0 atom stereocenters. The van der Waals surface area contributed by atoms with Crippen molar-refractivity contribution in [2.45, 2.75) is 130 Å². The zero-order chi connectivity index (χ0) is 38.7. The van der Waals surface area contributed by atoms with E-state index in [2.05, 4.69) is 168 Å². The number of rotatable bonds is 4. The second kappa shape index (κ2) is 25.0. The molecule has 0 heterocycles. The van der Waals surface area contributed by atoms with Crippen LogP contribution >= 0.6 is 0 Å². The summed E-state index contributed by atoms with van der Waals surface area (Å²) in [7, 11) is 3.56. The van der Waals surface area contributed by atoms with Crippen molar-refractivity contribution in [3.63, 3.8) is 0 Å². The summed E-state index contributed by atoms with van der Waals surface area (Å²) >= 11 is 0. The van der Waals surface area contributed by atoms with Crippen LogP contribution in [-0.2, 0) is 74.1 Å². The Labute approximate surface area is 393 Å².